The number of hydrogen-bond acceptors (Lipinski definition) is 4. The van der Waals surface area contributed by atoms with E-state index in [2.05, 4.69) is 0 Å². The zero-order valence-corrected chi connectivity index (χ0v) is 11.5. The molecule has 0 bridgehead atoms. The molecule has 2 rings (SSSR count). The Morgan fingerprint density at radius 1 is 1.05 bits per heavy atom. The van der Waals surface area contributed by atoms with E-state index in [1.165, 1.54) is 6.08 Å². The van der Waals surface area contributed by atoms with Crippen LogP contribution in [0.2, 0.25) is 0 Å². The average molecular weight is 282 g/mol. The van der Waals surface area contributed by atoms with Gasteiger partial charge in [-0.3, -0.25) is 4.79 Å². The van der Waals surface area contributed by atoms with E-state index in [4.69, 9.17) is 9.47 Å². The van der Waals surface area contributed by atoms with Gasteiger partial charge in [-0.2, -0.15) is 0 Å². The molecule has 0 amide bonds. The van der Waals surface area contributed by atoms with E-state index < -0.39 is 5.97 Å². The second-order valence-electron chi connectivity index (χ2n) is 4.18. The first-order chi connectivity index (χ1) is 10.2. The van der Waals surface area contributed by atoms with Crippen LogP contribution in [0, 0.1) is 0 Å². The van der Waals surface area contributed by atoms with Gasteiger partial charge in [-0.25, -0.2) is 4.79 Å². The number of methoxy groups -OCH3 is 1. The molecule has 0 radical (unpaired) electrons. The lowest BCUT2D eigenvalue weighted by Gasteiger charge is -2.03. The summed E-state index contributed by atoms with van der Waals surface area (Å²) in [6.07, 6.45) is 3.59. The summed E-state index contributed by atoms with van der Waals surface area (Å²) in [5.41, 5.74) is 1.18. The largest absolute Gasteiger partial charge is 0.497 e. The first-order valence-electron chi connectivity index (χ1n) is 6.31. The van der Waals surface area contributed by atoms with Crippen molar-refractivity contribution >= 4 is 18.3 Å². The quantitative estimate of drug-likeness (QED) is 0.366. The fourth-order valence-electron chi connectivity index (χ4n) is 1.69. The number of ether oxygens (including phenoxy) is 2. The minimum atomic E-state index is -0.542. The van der Waals surface area contributed by atoms with Crippen LogP contribution in [0.25, 0.3) is 6.08 Å². The standard InChI is InChI=1S/C17H14O4/c1-20-15-9-6-13(7-10-15)8-11-17(19)21-16-5-3-2-4-14(16)12-18/h2-12H,1H3. The monoisotopic (exact) mass is 282 g/mol. The van der Waals surface area contributed by atoms with Crippen molar-refractivity contribution in [2.75, 3.05) is 7.11 Å². The summed E-state index contributed by atoms with van der Waals surface area (Å²) in [6, 6.07) is 13.8. The molecule has 0 aromatic heterocycles. The Labute approximate surface area is 122 Å². The Morgan fingerprint density at radius 2 is 1.76 bits per heavy atom. The van der Waals surface area contributed by atoms with Gasteiger partial charge in [-0.15, -0.1) is 0 Å². The highest BCUT2D eigenvalue weighted by Gasteiger charge is 2.05. The second kappa shape index (κ2) is 7.05. The fraction of sp³-hybridized carbons (Fsp3) is 0.0588. The Bertz CT molecular complexity index is 657. The smallest absolute Gasteiger partial charge is 0.336 e. The molecule has 0 unspecified atom stereocenters. The van der Waals surface area contributed by atoms with Crippen molar-refractivity contribution in [3.63, 3.8) is 0 Å². The molecule has 0 atom stereocenters. The van der Waals surface area contributed by atoms with Gasteiger partial charge in [-0.1, -0.05) is 24.3 Å². The summed E-state index contributed by atoms with van der Waals surface area (Å²) in [6.45, 7) is 0. The Hall–Kier alpha value is -2.88. The van der Waals surface area contributed by atoms with Gasteiger partial charge in [0.2, 0.25) is 0 Å². The summed E-state index contributed by atoms with van der Waals surface area (Å²) >= 11 is 0. The van der Waals surface area contributed by atoms with Crippen molar-refractivity contribution in [1.29, 1.82) is 0 Å². The second-order valence-corrected chi connectivity index (χ2v) is 4.18. The van der Waals surface area contributed by atoms with Crippen LogP contribution in [0.4, 0.5) is 0 Å². The van der Waals surface area contributed by atoms with Crippen LogP contribution < -0.4 is 9.47 Å². The maximum atomic E-state index is 11.7. The van der Waals surface area contributed by atoms with Crippen molar-refractivity contribution in [3.8, 4) is 11.5 Å². The van der Waals surface area contributed by atoms with Crippen LogP contribution >= 0.6 is 0 Å². The van der Waals surface area contributed by atoms with E-state index in [1.54, 1.807) is 49.6 Å². The Morgan fingerprint density at radius 3 is 2.43 bits per heavy atom. The van der Waals surface area contributed by atoms with Gasteiger partial charge in [0.05, 0.1) is 12.7 Å². The van der Waals surface area contributed by atoms with Gasteiger partial charge < -0.3 is 9.47 Å². The first-order valence-corrected chi connectivity index (χ1v) is 6.31. The number of esters is 1. The number of aldehydes is 1. The third-order valence-corrected chi connectivity index (χ3v) is 2.78. The highest BCUT2D eigenvalue weighted by molar-refractivity contribution is 5.90. The number of rotatable bonds is 5. The number of benzene rings is 2. The lowest BCUT2D eigenvalue weighted by molar-refractivity contribution is -0.128. The molecule has 4 nitrogen and oxygen atoms in total. The molecule has 2 aromatic carbocycles. The van der Waals surface area contributed by atoms with Crippen molar-refractivity contribution < 1.29 is 19.1 Å². The zero-order chi connectivity index (χ0) is 15.1. The van der Waals surface area contributed by atoms with Crippen molar-refractivity contribution in [2.24, 2.45) is 0 Å². The number of carbonyl (C=O) groups is 2. The number of para-hydroxylation sites is 1. The summed E-state index contributed by atoms with van der Waals surface area (Å²) in [4.78, 5) is 22.6. The van der Waals surface area contributed by atoms with E-state index in [1.807, 2.05) is 12.1 Å². The van der Waals surface area contributed by atoms with E-state index in [9.17, 15) is 9.59 Å². The van der Waals surface area contributed by atoms with Crippen LogP contribution in [-0.2, 0) is 4.79 Å². The van der Waals surface area contributed by atoms with Crippen LogP contribution in [-0.4, -0.2) is 19.4 Å². The molecule has 2 aromatic rings. The van der Waals surface area contributed by atoms with Crippen molar-refractivity contribution in [3.05, 3.63) is 65.7 Å². The predicted molar refractivity (Wildman–Crippen MR) is 79.5 cm³/mol. The molecular weight excluding hydrogens is 268 g/mol. The van der Waals surface area contributed by atoms with E-state index >= 15 is 0 Å². The molecule has 0 spiro atoms. The first kappa shape index (κ1) is 14.5. The molecule has 0 N–H and O–H groups in total. The summed E-state index contributed by atoms with van der Waals surface area (Å²) in [5.74, 6) is 0.451. The van der Waals surface area contributed by atoms with Gasteiger partial charge in [0.15, 0.2) is 6.29 Å². The van der Waals surface area contributed by atoms with Gasteiger partial charge in [0, 0.05) is 6.08 Å². The van der Waals surface area contributed by atoms with Crippen LogP contribution in [0.15, 0.2) is 54.6 Å². The highest BCUT2D eigenvalue weighted by Crippen LogP contribution is 2.16. The Kier molecular flexibility index (Phi) is 4.88. The molecule has 0 aliphatic carbocycles. The lowest BCUT2D eigenvalue weighted by Crippen LogP contribution is -2.05. The predicted octanol–water partition coefficient (Wildman–Crippen LogP) is 3.13. The summed E-state index contributed by atoms with van der Waals surface area (Å²) in [7, 11) is 1.59. The van der Waals surface area contributed by atoms with Crippen molar-refractivity contribution in [1.82, 2.24) is 0 Å². The number of hydrogen-bond donors (Lipinski definition) is 0. The van der Waals surface area contributed by atoms with Gasteiger partial charge in [-0.05, 0) is 35.9 Å². The molecule has 4 heteroatoms. The molecule has 0 aliphatic heterocycles. The molecule has 0 saturated carbocycles. The molecular formula is C17H14O4. The summed E-state index contributed by atoms with van der Waals surface area (Å²) < 4.78 is 10.2. The SMILES string of the molecule is COc1ccc(C=CC(=O)Oc2ccccc2C=O)cc1. The average Bonchev–Trinajstić information content (AvgIpc) is 2.54. The van der Waals surface area contributed by atoms with Crippen molar-refractivity contribution in [2.45, 2.75) is 0 Å². The minimum absolute atomic E-state index is 0.247. The van der Waals surface area contributed by atoms with E-state index in [0.29, 0.717) is 11.8 Å². The third-order valence-electron chi connectivity index (χ3n) is 2.78. The zero-order valence-electron chi connectivity index (χ0n) is 11.5. The van der Waals surface area contributed by atoms with Crippen LogP contribution in [0.3, 0.4) is 0 Å². The number of carbonyl (C=O) groups excluding carboxylic acids is 2. The third kappa shape index (κ3) is 4.04. The summed E-state index contributed by atoms with van der Waals surface area (Å²) in [5, 5.41) is 0. The van der Waals surface area contributed by atoms with E-state index in [0.717, 1.165) is 11.3 Å². The Balaban J connectivity index is 2.03. The molecule has 21 heavy (non-hydrogen) atoms. The van der Waals surface area contributed by atoms with Gasteiger partial charge in [0.1, 0.15) is 11.5 Å². The maximum absolute atomic E-state index is 11.7. The molecule has 0 saturated heterocycles. The molecule has 0 aliphatic rings. The van der Waals surface area contributed by atoms with Gasteiger partial charge >= 0.3 is 5.97 Å². The topological polar surface area (TPSA) is 52.6 Å². The normalized spacial score (nSPS) is 10.3. The maximum Gasteiger partial charge on any atom is 0.336 e. The molecule has 0 fully saturated rings. The van der Waals surface area contributed by atoms with Crippen LogP contribution in [0.5, 0.6) is 11.5 Å². The van der Waals surface area contributed by atoms with Gasteiger partial charge in [0.25, 0.3) is 0 Å². The minimum Gasteiger partial charge on any atom is -0.497 e. The van der Waals surface area contributed by atoms with Crippen LogP contribution in [0.1, 0.15) is 15.9 Å². The molecule has 0 heterocycles. The van der Waals surface area contributed by atoms with E-state index in [-0.39, 0.29) is 5.75 Å². The lowest BCUT2D eigenvalue weighted by atomic mass is 10.2. The molecule has 106 valence electrons. The fourth-order valence-corrected chi connectivity index (χ4v) is 1.69. The highest BCUT2D eigenvalue weighted by atomic mass is 16.5.